The smallest absolute Gasteiger partial charge is 0.0383 e. The number of carbonyl (C=O) groups excluding carboxylic acids is 2. The first-order chi connectivity index (χ1) is 19.2. The van der Waals surface area contributed by atoms with Gasteiger partial charge >= 0.3 is 213 Å². The molecule has 0 heterocycles. The molecule has 0 aliphatic rings. The zero-order valence-corrected chi connectivity index (χ0v) is 23.8. The molecule has 210 valence electrons. The maximum atomic E-state index is 12.9. The number of aromatic hydroxyl groups is 1. The Balaban J connectivity index is 0.00000103. The van der Waals surface area contributed by atoms with Crippen LogP contribution in [-0.2, 0) is 20.7 Å². The van der Waals surface area contributed by atoms with E-state index in [9.17, 15) is 9.90 Å². The molecule has 4 aromatic rings. The Hall–Kier alpha value is -4.19. The Morgan fingerprint density at radius 3 is 1.65 bits per heavy atom. The molecule has 0 bridgehead atoms. The molecular weight excluding hydrogens is 525 g/mol. The van der Waals surface area contributed by atoms with Crippen LogP contribution in [0.15, 0.2) is 109 Å². The molecule has 8 heteroatoms. The zero-order chi connectivity index (χ0) is 29.0. The number of ether oxygens (including phenoxy) is 1. The van der Waals surface area contributed by atoms with Crippen LogP contribution in [0.2, 0.25) is 0 Å². The van der Waals surface area contributed by atoms with Crippen LogP contribution in [0.3, 0.4) is 0 Å². The number of rotatable bonds is 10. The number of carboxylic acid groups (broad SMARTS) is 1. The van der Waals surface area contributed by atoms with Gasteiger partial charge < -0.3 is 9.90 Å². The van der Waals surface area contributed by atoms with Gasteiger partial charge in [0.1, 0.15) is 0 Å². The summed E-state index contributed by atoms with van der Waals surface area (Å²) in [6, 6.07) is 35.6. The summed E-state index contributed by atoms with van der Waals surface area (Å²) in [7, 11) is 0. The van der Waals surface area contributed by atoms with Crippen molar-refractivity contribution in [3.05, 3.63) is 115 Å². The molecule has 0 fully saturated rings. The van der Waals surface area contributed by atoms with Crippen LogP contribution >= 0.6 is 6.83 Å². The molecule has 0 atom stereocenters. The van der Waals surface area contributed by atoms with Crippen molar-refractivity contribution < 1.29 is 34.8 Å². The van der Waals surface area contributed by atoms with Crippen LogP contribution in [-0.4, -0.2) is 29.8 Å². The first-order valence-corrected chi connectivity index (χ1v) is 15.4. The summed E-state index contributed by atoms with van der Waals surface area (Å²) in [6.45, 7) is -0.344. The molecule has 0 saturated carbocycles. The fourth-order valence-electron chi connectivity index (χ4n) is 4.96. The Labute approximate surface area is 235 Å². The summed E-state index contributed by atoms with van der Waals surface area (Å²) in [5.41, 5.74) is 4.61. The Kier molecular flexibility index (Phi) is 10.4. The van der Waals surface area contributed by atoms with Crippen molar-refractivity contribution in [2.24, 2.45) is 0 Å². The molecule has 0 aromatic heterocycles. The molecule has 0 aliphatic carbocycles. The van der Waals surface area contributed by atoms with E-state index in [1.54, 1.807) is 12.1 Å². The number of quaternary nitrogens is 1. The summed E-state index contributed by atoms with van der Waals surface area (Å²) in [4.78, 5) is 21.8. The third kappa shape index (κ3) is 6.68. The standard InChI is InChI=1S/C30H32NO4P.C2H4O2/c1-24(32)35-36(27-12-5-2-6-13-27,28-14-7-3-8-15-28,29-16-9-4-10-17-29)21-11-20-34-26-18-19-30(33)25(22-26)23-31;1-2(3)4/h2-10,12-19,22,33H,11,20-21,23,31H2,1H3;1H3,(H,3,4). The van der Waals surface area contributed by atoms with Gasteiger partial charge in [0.15, 0.2) is 0 Å². The topological polar surface area (TPSA) is 124 Å². The van der Waals surface area contributed by atoms with Gasteiger partial charge in [-0.05, 0) is 6.92 Å². The maximum absolute atomic E-state index is 12.9. The minimum Gasteiger partial charge on any atom is -0.550 e. The van der Waals surface area contributed by atoms with Crippen molar-refractivity contribution in [2.75, 3.05) is 12.8 Å². The van der Waals surface area contributed by atoms with Crippen molar-refractivity contribution in [1.29, 1.82) is 0 Å². The van der Waals surface area contributed by atoms with Gasteiger partial charge in [0.05, 0.1) is 0 Å². The molecule has 0 radical (unpaired) electrons. The van der Waals surface area contributed by atoms with Gasteiger partial charge in [-0.3, -0.25) is 0 Å². The van der Waals surface area contributed by atoms with Gasteiger partial charge in [-0.1, -0.05) is 0 Å². The van der Waals surface area contributed by atoms with E-state index in [1.807, 2.05) is 60.7 Å². The first kappa shape index (κ1) is 30.4. The van der Waals surface area contributed by atoms with E-state index < -0.39 is 12.8 Å². The summed E-state index contributed by atoms with van der Waals surface area (Å²) in [5.74, 6) is -0.503. The van der Waals surface area contributed by atoms with Crippen LogP contribution in [0, 0.1) is 0 Å². The number of phenolic OH excluding ortho intramolecular Hbond substituents is 1. The summed E-state index contributed by atoms with van der Waals surface area (Å²) in [5, 5.41) is 21.9. The summed E-state index contributed by atoms with van der Waals surface area (Å²) < 4.78 is 12.8. The van der Waals surface area contributed by atoms with E-state index in [2.05, 4.69) is 42.1 Å². The van der Waals surface area contributed by atoms with Gasteiger partial charge in [0.25, 0.3) is 0 Å². The number of phenols is 1. The van der Waals surface area contributed by atoms with Crippen molar-refractivity contribution in [1.82, 2.24) is 0 Å². The molecule has 40 heavy (non-hydrogen) atoms. The van der Waals surface area contributed by atoms with Crippen LogP contribution in [0.4, 0.5) is 0 Å². The van der Waals surface area contributed by atoms with E-state index in [-0.39, 0.29) is 11.7 Å². The third-order valence-corrected chi connectivity index (χ3v) is 12.6. The first-order valence-electron chi connectivity index (χ1n) is 13.0. The van der Waals surface area contributed by atoms with Crippen LogP contribution in [0.5, 0.6) is 11.5 Å². The van der Waals surface area contributed by atoms with Crippen LogP contribution in [0.25, 0.3) is 0 Å². The van der Waals surface area contributed by atoms with Crippen LogP contribution < -0.4 is 31.5 Å². The molecule has 0 amide bonds. The molecule has 0 saturated heterocycles. The molecule has 0 unspecified atom stereocenters. The number of benzene rings is 4. The minimum absolute atomic E-state index is 0.217. The predicted octanol–water partition coefficient (Wildman–Crippen LogP) is 2.67. The van der Waals surface area contributed by atoms with Crippen molar-refractivity contribution in [3.8, 4) is 11.5 Å². The Morgan fingerprint density at radius 1 is 0.800 bits per heavy atom. The predicted molar refractivity (Wildman–Crippen MR) is 157 cm³/mol. The van der Waals surface area contributed by atoms with E-state index in [4.69, 9.17) is 19.2 Å². The largest absolute Gasteiger partial charge is 0.550 e. The SMILES string of the molecule is CC(=O)OP(CCCOc1ccc(O)c(C[NH3+])c1)(c1ccccc1)(c1ccccc1)c1ccccc1.CC(=O)[O-]. The van der Waals surface area contributed by atoms with Gasteiger partial charge in [-0.2, -0.15) is 0 Å². The molecule has 7 nitrogen and oxygen atoms in total. The molecule has 4 rings (SSSR count). The fourth-order valence-corrected chi connectivity index (χ4v) is 10.7. The van der Waals surface area contributed by atoms with Crippen molar-refractivity contribution in [3.63, 3.8) is 0 Å². The van der Waals surface area contributed by atoms with E-state index >= 15 is 0 Å². The van der Waals surface area contributed by atoms with Crippen molar-refractivity contribution in [2.45, 2.75) is 26.8 Å². The van der Waals surface area contributed by atoms with Gasteiger partial charge in [-0.25, -0.2) is 0 Å². The van der Waals surface area contributed by atoms with E-state index in [0.717, 1.165) is 28.4 Å². The Morgan fingerprint density at radius 2 is 1.25 bits per heavy atom. The summed E-state index contributed by atoms with van der Waals surface area (Å²) >= 11 is 0. The van der Waals surface area contributed by atoms with Gasteiger partial charge in [0.2, 0.25) is 0 Å². The number of carboxylic acids is 1. The number of aliphatic carboxylic acids is 1. The number of hydrogen-bond acceptors (Lipinski definition) is 6. The number of hydrogen-bond donors (Lipinski definition) is 2. The second-order valence-corrected chi connectivity index (χ2v) is 13.9. The Bertz CT molecular complexity index is 1290. The zero-order valence-electron chi connectivity index (χ0n) is 22.9. The average Bonchev–Trinajstić information content (AvgIpc) is 2.96. The third-order valence-electron chi connectivity index (χ3n) is 6.56. The van der Waals surface area contributed by atoms with E-state index in [1.165, 1.54) is 6.92 Å². The fraction of sp³-hybridized carbons (Fsp3) is 0.188. The van der Waals surface area contributed by atoms with E-state index in [0.29, 0.717) is 31.5 Å². The molecule has 0 spiro atoms. The molecular formula is C32H36NO6P. The average molecular weight is 562 g/mol. The van der Waals surface area contributed by atoms with Gasteiger partial charge in [0, 0.05) is 5.97 Å². The second kappa shape index (κ2) is 13.7. The monoisotopic (exact) mass is 561 g/mol. The minimum atomic E-state index is -3.70. The molecule has 0 aliphatic heterocycles. The number of carbonyl (C=O) groups is 2. The van der Waals surface area contributed by atoms with Crippen LogP contribution in [0.1, 0.15) is 25.8 Å². The molecule has 4 N–H and O–H groups in total. The van der Waals surface area contributed by atoms with Crippen molar-refractivity contribution >= 4 is 34.7 Å². The molecule has 4 aromatic carbocycles. The quantitative estimate of drug-likeness (QED) is 0.227. The normalized spacial score (nSPS) is 11.7. The maximum Gasteiger partial charge on any atom is 0.0383 e. The van der Waals surface area contributed by atoms with Gasteiger partial charge in [-0.15, -0.1) is 0 Å². The second-order valence-electron chi connectivity index (χ2n) is 9.26. The summed E-state index contributed by atoms with van der Waals surface area (Å²) in [6.07, 6.45) is 1.23.